The van der Waals surface area contributed by atoms with Gasteiger partial charge in [-0.15, -0.1) is 0 Å². The Morgan fingerprint density at radius 3 is 2.31 bits per heavy atom. The van der Waals surface area contributed by atoms with Crippen LogP contribution in [-0.2, 0) is 9.59 Å². The van der Waals surface area contributed by atoms with Crippen molar-refractivity contribution >= 4 is 12.1 Å². The first-order valence-electron chi connectivity index (χ1n) is 9.70. The van der Waals surface area contributed by atoms with Crippen molar-refractivity contribution in [2.45, 2.75) is 88.6 Å². The molecule has 4 aliphatic carbocycles. The van der Waals surface area contributed by atoms with Gasteiger partial charge >= 0.3 is 0 Å². The van der Waals surface area contributed by atoms with E-state index in [1.807, 2.05) is 6.92 Å². The van der Waals surface area contributed by atoms with Crippen molar-refractivity contribution in [1.82, 2.24) is 0 Å². The van der Waals surface area contributed by atoms with E-state index in [0.29, 0.717) is 12.8 Å². The first kappa shape index (κ1) is 18.5. The summed E-state index contributed by atoms with van der Waals surface area (Å²) in [5, 5.41) is 44.4. The van der Waals surface area contributed by atoms with E-state index < -0.39 is 39.5 Å². The molecule has 4 saturated carbocycles. The Bertz CT molecular complexity index is 690. The van der Waals surface area contributed by atoms with Crippen LogP contribution in [0, 0.1) is 22.2 Å². The molecule has 4 fully saturated rings. The summed E-state index contributed by atoms with van der Waals surface area (Å²) in [6, 6.07) is 0. The molecule has 0 amide bonds. The predicted octanol–water partition coefficient (Wildman–Crippen LogP) is 0.729. The Hall–Kier alpha value is -0.820. The van der Waals surface area contributed by atoms with Crippen LogP contribution in [0.4, 0.5) is 0 Å². The van der Waals surface area contributed by atoms with E-state index in [9.17, 15) is 30.0 Å². The molecule has 0 saturated heterocycles. The highest BCUT2D eigenvalue weighted by atomic mass is 16.4. The molecule has 6 heteroatoms. The van der Waals surface area contributed by atoms with Gasteiger partial charge in [0.05, 0.1) is 0 Å². The number of aliphatic hydroxyl groups is 4. The number of fused-ring (bicyclic) bond motifs is 3. The van der Waals surface area contributed by atoms with Crippen molar-refractivity contribution in [2.24, 2.45) is 22.2 Å². The molecule has 146 valence electrons. The molecule has 0 heterocycles. The van der Waals surface area contributed by atoms with E-state index in [2.05, 4.69) is 13.8 Å². The van der Waals surface area contributed by atoms with Crippen molar-refractivity contribution in [1.29, 1.82) is 0 Å². The van der Waals surface area contributed by atoms with E-state index in [1.54, 1.807) is 0 Å². The van der Waals surface area contributed by atoms with Crippen LogP contribution >= 0.6 is 0 Å². The van der Waals surface area contributed by atoms with Crippen LogP contribution in [0.25, 0.3) is 0 Å². The van der Waals surface area contributed by atoms with Gasteiger partial charge in [0.25, 0.3) is 0 Å². The summed E-state index contributed by atoms with van der Waals surface area (Å²) in [7, 11) is 0. The topological polar surface area (TPSA) is 115 Å². The van der Waals surface area contributed by atoms with Crippen LogP contribution in [0.3, 0.4) is 0 Å². The molecule has 7 atom stereocenters. The predicted molar refractivity (Wildman–Crippen MR) is 92.1 cm³/mol. The van der Waals surface area contributed by atoms with Gasteiger partial charge in [-0.25, -0.2) is 0 Å². The smallest absolute Gasteiger partial charge is 0.196 e. The number of carbonyl (C=O) groups is 2. The zero-order valence-corrected chi connectivity index (χ0v) is 15.8. The van der Waals surface area contributed by atoms with E-state index in [4.69, 9.17) is 0 Å². The minimum absolute atomic E-state index is 0.0527. The van der Waals surface area contributed by atoms with Crippen LogP contribution in [0.5, 0.6) is 0 Å². The molecule has 0 aromatic heterocycles. The van der Waals surface area contributed by atoms with Crippen LogP contribution in [0.1, 0.15) is 65.7 Å². The highest BCUT2D eigenvalue weighted by molar-refractivity contribution is 5.97. The van der Waals surface area contributed by atoms with Crippen molar-refractivity contribution in [2.75, 3.05) is 0 Å². The first-order chi connectivity index (χ1) is 11.8. The standard InChI is InChI=1S/C20H30O6/c1-15(2)6-4-7-16(3)12(15)5-8-17-9-18(24,11-21)19(25,10-17)13(22)14(23)20(16,17)26/h11-13,22,24-26H,4-10H2,1-3H3/t12-,13+,16-,17?,18+,19-,20+/m1/s1. The number of carbonyl (C=O) groups excluding carboxylic acids is 2. The third-order valence-electron chi connectivity index (χ3n) is 8.95. The van der Waals surface area contributed by atoms with Crippen molar-refractivity contribution in [3.05, 3.63) is 0 Å². The van der Waals surface area contributed by atoms with E-state index in [0.717, 1.165) is 19.3 Å². The fourth-order valence-corrected chi connectivity index (χ4v) is 7.74. The van der Waals surface area contributed by atoms with Gasteiger partial charge in [0.1, 0.15) is 17.3 Å². The SMILES string of the molecule is CC1(C)CCC[C@]2(C)[C@@H]1CCC13C[C@](O)(C=O)[C@@](O)(C1)[C@@H](O)C(=O)[C@@]32O. The molecule has 0 aliphatic heterocycles. The summed E-state index contributed by atoms with van der Waals surface area (Å²) in [6.07, 6.45) is 1.67. The Balaban J connectivity index is 1.94. The largest absolute Gasteiger partial charge is 0.383 e. The lowest BCUT2D eigenvalue weighted by Gasteiger charge is -2.67. The molecular formula is C20H30O6. The molecule has 0 aromatic rings. The van der Waals surface area contributed by atoms with Crippen molar-refractivity contribution < 1.29 is 30.0 Å². The number of aliphatic hydroxyl groups excluding tert-OH is 1. The highest BCUT2D eigenvalue weighted by Crippen LogP contribution is 2.74. The summed E-state index contributed by atoms with van der Waals surface area (Å²) in [5.41, 5.74) is -8.22. The second kappa shape index (κ2) is 4.77. The quantitative estimate of drug-likeness (QED) is 0.509. The molecule has 0 radical (unpaired) electrons. The summed E-state index contributed by atoms with van der Waals surface area (Å²) in [4.78, 5) is 25.0. The number of hydrogen-bond acceptors (Lipinski definition) is 6. The van der Waals surface area contributed by atoms with E-state index >= 15 is 0 Å². The Labute approximate surface area is 153 Å². The number of Topliss-reactive ketones (excluding diaryl/α,β-unsaturated/α-hetero) is 1. The third kappa shape index (κ3) is 1.65. The van der Waals surface area contributed by atoms with Gasteiger partial charge in [-0.1, -0.05) is 27.2 Å². The monoisotopic (exact) mass is 366 g/mol. The number of aldehydes is 1. The Morgan fingerprint density at radius 1 is 1.04 bits per heavy atom. The molecule has 26 heavy (non-hydrogen) atoms. The van der Waals surface area contributed by atoms with E-state index in [-0.39, 0.29) is 30.5 Å². The van der Waals surface area contributed by atoms with Crippen LogP contribution in [0.15, 0.2) is 0 Å². The molecule has 4 rings (SSSR count). The molecule has 0 aromatic carbocycles. The van der Waals surface area contributed by atoms with E-state index in [1.165, 1.54) is 0 Å². The molecule has 2 bridgehead atoms. The second-order valence-electron chi connectivity index (χ2n) is 10.4. The van der Waals surface area contributed by atoms with Crippen LogP contribution < -0.4 is 0 Å². The average Bonchev–Trinajstić information content (AvgIpc) is 2.78. The molecular weight excluding hydrogens is 336 g/mol. The third-order valence-corrected chi connectivity index (χ3v) is 8.95. The van der Waals surface area contributed by atoms with Gasteiger partial charge < -0.3 is 25.2 Å². The van der Waals surface area contributed by atoms with Crippen molar-refractivity contribution in [3.8, 4) is 0 Å². The summed E-state index contributed by atoms with van der Waals surface area (Å²) in [5.74, 6) is -0.736. The molecule has 1 unspecified atom stereocenters. The summed E-state index contributed by atoms with van der Waals surface area (Å²) < 4.78 is 0. The van der Waals surface area contributed by atoms with Gasteiger partial charge in [0.15, 0.2) is 17.7 Å². The first-order valence-corrected chi connectivity index (χ1v) is 9.70. The fraction of sp³-hybridized carbons (Fsp3) is 0.900. The Kier molecular flexibility index (Phi) is 3.40. The average molecular weight is 366 g/mol. The highest BCUT2D eigenvalue weighted by Gasteiger charge is 2.83. The molecule has 4 N–H and O–H groups in total. The van der Waals surface area contributed by atoms with Gasteiger partial charge in [0, 0.05) is 10.8 Å². The lowest BCUT2D eigenvalue weighted by Crippen LogP contribution is -2.76. The van der Waals surface area contributed by atoms with Crippen LogP contribution in [0.2, 0.25) is 0 Å². The fourth-order valence-electron chi connectivity index (χ4n) is 7.74. The maximum atomic E-state index is 13.3. The minimum Gasteiger partial charge on any atom is -0.383 e. The van der Waals surface area contributed by atoms with Gasteiger partial charge in [-0.2, -0.15) is 0 Å². The van der Waals surface area contributed by atoms with Gasteiger partial charge in [-0.05, 0) is 49.9 Å². The summed E-state index contributed by atoms with van der Waals surface area (Å²) in [6.45, 7) is 6.24. The van der Waals surface area contributed by atoms with Crippen molar-refractivity contribution in [3.63, 3.8) is 0 Å². The summed E-state index contributed by atoms with van der Waals surface area (Å²) >= 11 is 0. The van der Waals surface area contributed by atoms with Crippen LogP contribution in [-0.4, -0.2) is 55.4 Å². The normalized spacial score (nSPS) is 58.0. The molecule has 1 spiro atoms. The maximum absolute atomic E-state index is 13.3. The lowest BCUT2D eigenvalue weighted by molar-refractivity contribution is -0.264. The molecule has 4 aliphatic rings. The maximum Gasteiger partial charge on any atom is 0.196 e. The zero-order chi connectivity index (χ0) is 19.4. The number of hydrogen-bond donors (Lipinski definition) is 4. The lowest BCUT2D eigenvalue weighted by atomic mass is 9.38. The minimum atomic E-state index is -2.23. The Morgan fingerprint density at radius 2 is 1.69 bits per heavy atom. The number of ketones is 1. The second-order valence-corrected chi connectivity index (χ2v) is 10.4. The number of rotatable bonds is 1. The van der Waals surface area contributed by atoms with Gasteiger partial charge in [0.2, 0.25) is 0 Å². The zero-order valence-electron chi connectivity index (χ0n) is 15.8. The van der Waals surface area contributed by atoms with Gasteiger partial charge in [-0.3, -0.25) is 4.79 Å². The molecule has 6 nitrogen and oxygen atoms in total.